The molecule has 0 unspecified atom stereocenters. The summed E-state index contributed by atoms with van der Waals surface area (Å²) >= 11 is 0. The van der Waals surface area contributed by atoms with Gasteiger partial charge in [0.15, 0.2) is 0 Å². The van der Waals surface area contributed by atoms with Gasteiger partial charge in [0.25, 0.3) is 0 Å². The van der Waals surface area contributed by atoms with Crippen LogP contribution < -0.4 is 10.5 Å². The molecular formula is C16H19N3O2. The van der Waals surface area contributed by atoms with Crippen LogP contribution >= 0.6 is 0 Å². The van der Waals surface area contributed by atoms with Gasteiger partial charge in [-0.05, 0) is 18.1 Å². The maximum absolute atomic E-state index is 9.27. The summed E-state index contributed by atoms with van der Waals surface area (Å²) < 4.78 is 12.4. The first-order valence-electron chi connectivity index (χ1n) is 6.72. The van der Waals surface area contributed by atoms with Gasteiger partial charge in [0.1, 0.15) is 18.4 Å². The van der Waals surface area contributed by atoms with Gasteiger partial charge in [-0.25, -0.2) is 0 Å². The number of nitriles is 1. The second-order valence-electron chi connectivity index (χ2n) is 4.76. The largest absolute Gasteiger partial charge is 0.475 e. The molecule has 5 nitrogen and oxygen atoms in total. The van der Waals surface area contributed by atoms with Crippen molar-refractivity contribution in [3.8, 4) is 11.9 Å². The van der Waals surface area contributed by atoms with Crippen molar-refractivity contribution in [3.05, 3.63) is 47.2 Å². The van der Waals surface area contributed by atoms with Crippen molar-refractivity contribution >= 4 is 5.69 Å². The highest BCUT2D eigenvalue weighted by molar-refractivity contribution is 5.55. The molecule has 2 aromatic rings. The molecule has 0 fully saturated rings. The van der Waals surface area contributed by atoms with Gasteiger partial charge >= 0.3 is 0 Å². The SMILES string of the molecule is COCCOc1c(N)cc(C#N)n1Cc1ccccc1C. The Kier molecular flexibility index (Phi) is 4.85. The lowest BCUT2D eigenvalue weighted by atomic mass is 10.1. The quantitative estimate of drug-likeness (QED) is 0.827. The Bertz CT molecular complexity index is 656. The van der Waals surface area contributed by atoms with Crippen LogP contribution in [-0.2, 0) is 11.3 Å². The molecule has 0 saturated heterocycles. The average molecular weight is 285 g/mol. The van der Waals surface area contributed by atoms with Crippen molar-refractivity contribution in [3.63, 3.8) is 0 Å². The van der Waals surface area contributed by atoms with Gasteiger partial charge in [-0.1, -0.05) is 24.3 Å². The van der Waals surface area contributed by atoms with E-state index in [0.717, 1.165) is 11.1 Å². The Balaban J connectivity index is 2.32. The Labute approximate surface area is 124 Å². The van der Waals surface area contributed by atoms with Gasteiger partial charge in [0, 0.05) is 13.2 Å². The van der Waals surface area contributed by atoms with Crippen LogP contribution in [0, 0.1) is 18.3 Å². The van der Waals surface area contributed by atoms with Crippen molar-refractivity contribution in [1.29, 1.82) is 5.26 Å². The summed E-state index contributed by atoms with van der Waals surface area (Å²) in [5, 5.41) is 9.27. The normalized spacial score (nSPS) is 10.3. The van der Waals surface area contributed by atoms with Crippen molar-refractivity contribution in [2.45, 2.75) is 13.5 Å². The van der Waals surface area contributed by atoms with E-state index in [4.69, 9.17) is 15.2 Å². The van der Waals surface area contributed by atoms with Crippen LogP contribution in [0.15, 0.2) is 30.3 Å². The molecule has 2 rings (SSSR count). The van der Waals surface area contributed by atoms with Crippen molar-refractivity contribution < 1.29 is 9.47 Å². The van der Waals surface area contributed by atoms with E-state index in [9.17, 15) is 5.26 Å². The number of anilines is 1. The number of hydrogen-bond acceptors (Lipinski definition) is 4. The van der Waals surface area contributed by atoms with Gasteiger partial charge in [-0.2, -0.15) is 5.26 Å². The Hall–Kier alpha value is -2.45. The van der Waals surface area contributed by atoms with Gasteiger partial charge in [0.05, 0.1) is 18.8 Å². The summed E-state index contributed by atoms with van der Waals surface area (Å²) in [6, 6.07) is 11.8. The van der Waals surface area contributed by atoms with Crippen molar-refractivity contribution in [2.75, 3.05) is 26.1 Å². The summed E-state index contributed by atoms with van der Waals surface area (Å²) in [5.74, 6) is 0.520. The second-order valence-corrected chi connectivity index (χ2v) is 4.76. The fourth-order valence-corrected chi connectivity index (χ4v) is 2.14. The first-order valence-corrected chi connectivity index (χ1v) is 6.72. The molecule has 0 aliphatic carbocycles. The van der Waals surface area contributed by atoms with Crippen LogP contribution in [0.3, 0.4) is 0 Å². The summed E-state index contributed by atoms with van der Waals surface area (Å²) in [5.41, 5.74) is 9.20. The van der Waals surface area contributed by atoms with E-state index in [0.29, 0.717) is 37.0 Å². The standard InChI is InChI=1S/C16H19N3O2/c1-12-5-3-4-6-13(12)11-19-14(10-17)9-15(18)16(19)21-8-7-20-2/h3-6,9H,7-8,11,18H2,1-2H3. The highest BCUT2D eigenvalue weighted by Crippen LogP contribution is 2.28. The smallest absolute Gasteiger partial charge is 0.218 e. The number of ether oxygens (including phenoxy) is 2. The Morgan fingerprint density at radius 3 is 2.71 bits per heavy atom. The Morgan fingerprint density at radius 1 is 1.29 bits per heavy atom. The third kappa shape index (κ3) is 3.36. The van der Waals surface area contributed by atoms with Crippen LogP contribution in [0.5, 0.6) is 5.88 Å². The molecule has 2 N–H and O–H groups in total. The summed E-state index contributed by atoms with van der Waals surface area (Å²) in [6.07, 6.45) is 0. The van der Waals surface area contributed by atoms with Crippen LogP contribution in [0.25, 0.3) is 0 Å². The van der Waals surface area contributed by atoms with Crippen molar-refractivity contribution in [1.82, 2.24) is 4.57 Å². The molecule has 0 aliphatic heterocycles. The number of hydrogen-bond donors (Lipinski definition) is 1. The van der Waals surface area contributed by atoms with E-state index >= 15 is 0 Å². The number of nitrogens with two attached hydrogens (primary N) is 1. The van der Waals surface area contributed by atoms with Crippen LogP contribution in [-0.4, -0.2) is 24.9 Å². The molecule has 110 valence electrons. The number of nitrogen functional groups attached to an aromatic ring is 1. The molecule has 5 heteroatoms. The maximum Gasteiger partial charge on any atom is 0.218 e. The highest BCUT2D eigenvalue weighted by atomic mass is 16.5. The van der Waals surface area contributed by atoms with Crippen molar-refractivity contribution in [2.24, 2.45) is 0 Å². The molecule has 0 atom stereocenters. The molecule has 0 amide bonds. The zero-order chi connectivity index (χ0) is 15.2. The van der Waals surface area contributed by atoms with E-state index in [1.807, 2.05) is 31.2 Å². The number of benzene rings is 1. The topological polar surface area (TPSA) is 73.2 Å². The Morgan fingerprint density at radius 2 is 2.05 bits per heavy atom. The van der Waals surface area contributed by atoms with Gasteiger partial charge in [-0.3, -0.25) is 4.57 Å². The van der Waals surface area contributed by atoms with Crippen LogP contribution in [0.1, 0.15) is 16.8 Å². The van der Waals surface area contributed by atoms with E-state index in [2.05, 4.69) is 6.07 Å². The molecule has 21 heavy (non-hydrogen) atoms. The number of aromatic nitrogens is 1. The molecular weight excluding hydrogens is 266 g/mol. The number of nitrogens with zero attached hydrogens (tertiary/aromatic N) is 2. The zero-order valence-electron chi connectivity index (χ0n) is 12.3. The van der Waals surface area contributed by atoms with E-state index in [-0.39, 0.29) is 0 Å². The first kappa shape index (κ1) is 14.9. The summed E-state index contributed by atoms with van der Waals surface area (Å²) in [4.78, 5) is 0. The maximum atomic E-state index is 9.27. The van der Waals surface area contributed by atoms with E-state index < -0.39 is 0 Å². The monoisotopic (exact) mass is 285 g/mol. The molecule has 1 aromatic carbocycles. The second kappa shape index (κ2) is 6.82. The summed E-state index contributed by atoms with van der Waals surface area (Å²) in [7, 11) is 1.61. The van der Waals surface area contributed by atoms with Crippen LogP contribution in [0.2, 0.25) is 0 Å². The van der Waals surface area contributed by atoms with Crippen LogP contribution in [0.4, 0.5) is 5.69 Å². The zero-order valence-corrected chi connectivity index (χ0v) is 12.3. The molecule has 0 saturated carbocycles. The fourth-order valence-electron chi connectivity index (χ4n) is 2.14. The molecule has 1 aromatic heterocycles. The minimum atomic E-state index is 0.392. The molecule has 1 heterocycles. The lowest BCUT2D eigenvalue weighted by molar-refractivity contribution is 0.142. The van der Waals surface area contributed by atoms with E-state index in [1.54, 1.807) is 17.7 Å². The molecule has 0 bridgehead atoms. The number of methoxy groups -OCH3 is 1. The third-order valence-corrected chi connectivity index (χ3v) is 3.31. The minimum Gasteiger partial charge on any atom is -0.475 e. The van der Waals surface area contributed by atoms with Gasteiger partial charge in [0.2, 0.25) is 5.88 Å². The third-order valence-electron chi connectivity index (χ3n) is 3.31. The first-order chi connectivity index (χ1) is 10.2. The van der Waals surface area contributed by atoms with Gasteiger partial charge < -0.3 is 15.2 Å². The molecule has 0 aliphatic rings. The molecule has 0 radical (unpaired) electrons. The van der Waals surface area contributed by atoms with E-state index in [1.165, 1.54) is 0 Å². The number of aryl methyl sites for hydroxylation is 1. The minimum absolute atomic E-state index is 0.392. The van der Waals surface area contributed by atoms with Gasteiger partial charge in [-0.15, -0.1) is 0 Å². The predicted molar refractivity (Wildman–Crippen MR) is 81.2 cm³/mol. The lowest BCUT2D eigenvalue weighted by Gasteiger charge is -2.13. The average Bonchev–Trinajstić information content (AvgIpc) is 2.78. The highest BCUT2D eigenvalue weighted by Gasteiger charge is 2.15. The summed E-state index contributed by atoms with van der Waals surface area (Å²) in [6.45, 7) is 3.45. The number of rotatable bonds is 6. The predicted octanol–water partition coefficient (Wildman–Crippen LogP) is 2.32. The lowest BCUT2D eigenvalue weighted by Crippen LogP contribution is -2.11. The fraction of sp³-hybridized carbons (Fsp3) is 0.312. The molecule has 0 spiro atoms.